The van der Waals surface area contributed by atoms with E-state index in [0.717, 1.165) is 17.3 Å². The van der Waals surface area contributed by atoms with E-state index in [-0.39, 0.29) is 5.97 Å². The summed E-state index contributed by atoms with van der Waals surface area (Å²) in [6, 6.07) is 0. The molecule has 0 aromatic heterocycles. The van der Waals surface area contributed by atoms with Crippen LogP contribution in [0.3, 0.4) is 0 Å². The Kier molecular flexibility index (Phi) is 6.22. The molecule has 64 valence electrons. The number of unbranched alkanes of at least 4 members (excludes halogenated alkanes) is 1. The molecule has 0 aliphatic rings. The fourth-order valence-corrected chi connectivity index (χ4v) is 0.878. The lowest BCUT2D eigenvalue weighted by Gasteiger charge is -1.95. The van der Waals surface area contributed by atoms with Gasteiger partial charge in [-0.25, -0.2) is 0 Å². The quantitative estimate of drug-likeness (QED) is 0.538. The summed E-state index contributed by atoms with van der Waals surface area (Å²) in [5, 5.41) is 0. The Hall–Kier alpha value is -0.310. The van der Waals surface area contributed by atoms with Crippen LogP contribution in [0, 0.1) is 0 Å². The van der Waals surface area contributed by atoms with E-state index in [1.54, 1.807) is 0 Å². The van der Waals surface area contributed by atoms with Gasteiger partial charge in [-0.05, 0) is 24.2 Å². The summed E-state index contributed by atoms with van der Waals surface area (Å²) in [6.07, 6.45) is 4.33. The van der Waals surface area contributed by atoms with Gasteiger partial charge in [-0.2, -0.15) is 0 Å². The van der Waals surface area contributed by atoms with Crippen molar-refractivity contribution < 1.29 is 9.53 Å². The Bertz CT molecular complexity index is 148. The van der Waals surface area contributed by atoms with Gasteiger partial charge in [-0.3, -0.25) is 4.79 Å². The highest BCUT2D eigenvalue weighted by atomic mass is 79.9. The van der Waals surface area contributed by atoms with Crippen molar-refractivity contribution in [2.45, 2.75) is 26.2 Å². The van der Waals surface area contributed by atoms with Crippen molar-refractivity contribution in [1.82, 2.24) is 0 Å². The summed E-state index contributed by atoms with van der Waals surface area (Å²) in [4.78, 5) is 10.6. The normalized spacial score (nSPS) is 11.4. The van der Waals surface area contributed by atoms with E-state index in [0.29, 0.717) is 6.42 Å². The third-order valence-corrected chi connectivity index (χ3v) is 1.56. The third kappa shape index (κ3) is 7.59. The summed E-state index contributed by atoms with van der Waals surface area (Å²) in [5.41, 5.74) is 0. The second-order valence-electron chi connectivity index (χ2n) is 2.26. The van der Waals surface area contributed by atoms with Crippen LogP contribution in [0.4, 0.5) is 0 Å². The number of carbonyl (C=O) groups is 1. The molecule has 3 heteroatoms. The number of hydrogen-bond acceptors (Lipinski definition) is 2. The van der Waals surface area contributed by atoms with Crippen LogP contribution >= 0.6 is 15.9 Å². The maximum absolute atomic E-state index is 10.6. The first-order valence-corrected chi connectivity index (χ1v) is 4.35. The molecular weight excluding hydrogens is 208 g/mol. The molecule has 0 aliphatic carbocycles. The minimum atomic E-state index is -0.134. The zero-order chi connectivity index (χ0) is 8.69. The summed E-state index contributed by atoms with van der Waals surface area (Å²) in [5.74, 6) is -0.134. The molecule has 0 saturated carbocycles. The predicted molar refractivity (Wildman–Crippen MR) is 48.6 cm³/mol. The summed E-state index contributed by atoms with van der Waals surface area (Å²) < 4.78 is 5.60. The average molecular weight is 221 g/mol. The number of allylic oxidation sites excluding steroid dienone is 2. The first-order chi connectivity index (χ1) is 5.16. The molecule has 0 aromatic carbocycles. The molecule has 0 unspecified atom stereocenters. The van der Waals surface area contributed by atoms with E-state index in [4.69, 9.17) is 0 Å². The summed E-state index contributed by atoms with van der Waals surface area (Å²) in [7, 11) is 1.41. The molecule has 11 heavy (non-hydrogen) atoms. The second kappa shape index (κ2) is 6.40. The Balaban J connectivity index is 3.28. The first-order valence-electron chi connectivity index (χ1n) is 3.56. The van der Waals surface area contributed by atoms with Gasteiger partial charge < -0.3 is 4.74 Å². The van der Waals surface area contributed by atoms with Gasteiger partial charge in [-0.15, -0.1) is 0 Å². The maximum Gasteiger partial charge on any atom is 0.305 e. The molecule has 0 spiro atoms. The molecule has 0 atom stereocenters. The van der Waals surface area contributed by atoms with Crippen LogP contribution < -0.4 is 0 Å². The Labute approximate surface area is 75.7 Å². The monoisotopic (exact) mass is 220 g/mol. The maximum atomic E-state index is 10.6. The molecule has 2 nitrogen and oxygen atoms in total. The van der Waals surface area contributed by atoms with Crippen molar-refractivity contribution in [3.8, 4) is 0 Å². The van der Waals surface area contributed by atoms with E-state index >= 15 is 0 Å². The smallest absolute Gasteiger partial charge is 0.305 e. The van der Waals surface area contributed by atoms with Gasteiger partial charge in [-0.1, -0.05) is 22.0 Å². The number of rotatable bonds is 4. The second-order valence-corrected chi connectivity index (χ2v) is 3.51. The van der Waals surface area contributed by atoms with Crippen molar-refractivity contribution in [3.05, 3.63) is 10.6 Å². The molecule has 0 amide bonds. The van der Waals surface area contributed by atoms with Crippen LogP contribution in [-0.2, 0) is 9.53 Å². The Morgan fingerprint density at radius 1 is 1.64 bits per heavy atom. The zero-order valence-electron chi connectivity index (χ0n) is 6.89. The molecular formula is C8H13BrO2. The molecule has 0 N–H and O–H groups in total. The van der Waals surface area contributed by atoms with Crippen molar-refractivity contribution >= 4 is 21.9 Å². The number of halogens is 1. The zero-order valence-corrected chi connectivity index (χ0v) is 8.48. The fraction of sp³-hybridized carbons (Fsp3) is 0.625. The summed E-state index contributed by atoms with van der Waals surface area (Å²) in [6.45, 7) is 1.97. The number of methoxy groups -OCH3 is 1. The minimum absolute atomic E-state index is 0.134. The molecule has 0 heterocycles. The third-order valence-electron chi connectivity index (χ3n) is 1.24. The minimum Gasteiger partial charge on any atom is -0.469 e. The van der Waals surface area contributed by atoms with Crippen LogP contribution in [0.15, 0.2) is 10.6 Å². The van der Waals surface area contributed by atoms with E-state index in [9.17, 15) is 4.79 Å². The van der Waals surface area contributed by atoms with Crippen molar-refractivity contribution in [2.24, 2.45) is 0 Å². The topological polar surface area (TPSA) is 26.3 Å². The molecule has 0 radical (unpaired) electrons. The van der Waals surface area contributed by atoms with Gasteiger partial charge in [0.05, 0.1) is 7.11 Å². The van der Waals surface area contributed by atoms with E-state index < -0.39 is 0 Å². The van der Waals surface area contributed by atoms with Crippen molar-refractivity contribution in [2.75, 3.05) is 7.11 Å². The lowest BCUT2D eigenvalue weighted by molar-refractivity contribution is -0.140. The van der Waals surface area contributed by atoms with Gasteiger partial charge in [0, 0.05) is 6.42 Å². The largest absolute Gasteiger partial charge is 0.469 e. The van der Waals surface area contributed by atoms with Gasteiger partial charge in [0.2, 0.25) is 0 Å². The first kappa shape index (κ1) is 10.7. The van der Waals surface area contributed by atoms with Crippen LogP contribution in [0.2, 0.25) is 0 Å². The number of esters is 1. The van der Waals surface area contributed by atoms with Crippen LogP contribution in [0.25, 0.3) is 0 Å². The van der Waals surface area contributed by atoms with Gasteiger partial charge >= 0.3 is 5.97 Å². The van der Waals surface area contributed by atoms with Gasteiger partial charge in [0.1, 0.15) is 0 Å². The Morgan fingerprint density at radius 3 is 2.73 bits per heavy atom. The number of ether oxygens (including phenoxy) is 1. The Morgan fingerprint density at radius 2 is 2.27 bits per heavy atom. The highest BCUT2D eigenvalue weighted by Crippen LogP contribution is 2.06. The molecule has 0 aliphatic heterocycles. The number of hydrogen-bond donors (Lipinski definition) is 0. The SMILES string of the molecule is COC(=O)CCC/C=C(/C)Br. The average Bonchev–Trinajstić information content (AvgIpc) is 1.97. The van der Waals surface area contributed by atoms with Crippen molar-refractivity contribution in [3.63, 3.8) is 0 Å². The lowest BCUT2D eigenvalue weighted by Crippen LogP contribution is -1.98. The molecule has 0 saturated heterocycles. The highest BCUT2D eigenvalue weighted by molar-refractivity contribution is 9.11. The van der Waals surface area contributed by atoms with E-state index in [2.05, 4.69) is 20.7 Å². The molecule has 0 rings (SSSR count). The lowest BCUT2D eigenvalue weighted by atomic mass is 10.2. The number of carbonyl (C=O) groups excluding carboxylic acids is 1. The van der Waals surface area contributed by atoms with Crippen molar-refractivity contribution in [1.29, 1.82) is 0 Å². The summed E-state index contributed by atoms with van der Waals surface area (Å²) >= 11 is 3.30. The van der Waals surface area contributed by atoms with Crippen LogP contribution in [0.1, 0.15) is 26.2 Å². The van der Waals surface area contributed by atoms with Gasteiger partial charge in [0.15, 0.2) is 0 Å². The molecule has 0 bridgehead atoms. The van der Waals surface area contributed by atoms with Crippen LogP contribution in [-0.4, -0.2) is 13.1 Å². The van der Waals surface area contributed by atoms with Gasteiger partial charge in [0.25, 0.3) is 0 Å². The predicted octanol–water partition coefficient (Wildman–Crippen LogP) is 2.63. The van der Waals surface area contributed by atoms with Crippen LogP contribution in [0.5, 0.6) is 0 Å². The van der Waals surface area contributed by atoms with E-state index in [1.165, 1.54) is 7.11 Å². The molecule has 0 fully saturated rings. The van der Waals surface area contributed by atoms with E-state index in [1.807, 2.05) is 13.0 Å². The molecule has 0 aromatic rings. The standard InChI is InChI=1S/C8H13BrO2/c1-7(9)5-3-4-6-8(10)11-2/h5H,3-4,6H2,1-2H3/b7-5-. The highest BCUT2D eigenvalue weighted by Gasteiger charge is 1.96. The fourth-order valence-electron chi connectivity index (χ4n) is 0.649.